The smallest absolute Gasteiger partial charge is 0.237 e. The van der Waals surface area contributed by atoms with Gasteiger partial charge in [0.2, 0.25) is 5.91 Å². The van der Waals surface area contributed by atoms with Crippen molar-refractivity contribution in [1.82, 2.24) is 14.8 Å². The Morgan fingerprint density at radius 3 is 2.48 bits per heavy atom. The number of nitrogens with zero attached hydrogens (tertiary/aromatic N) is 3. The minimum absolute atomic E-state index is 0.0299. The number of carbonyl (C=O) groups is 1. The molecule has 2 atom stereocenters. The molecule has 1 aromatic heterocycles. The van der Waals surface area contributed by atoms with Gasteiger partial charge in [0.25, 0.3) is 0 Å². The van der Waals surface area contributed by atoms with E-state index >= 15 is 0 Å². The summed E-state index contributed by atoms with van der Waals surface area (Å²) in [5.41, 5.74) is 3.24. The summed E-state index contributed by atoms with van der Waals surface area (Å²) in [4.78, 5) is 12.9. The second kappa shape index (κ2) is 9.74. The van der Waals surface area contributed by atoms with Crippen molar-refractivity contribution in [3.8, 4) is 0 Å². The molecule has 3 rings (SSSR count). The summed E-state index contributed by atoms with van der Waals surface area (Å²) in [7, 11) is 0. The lowest BCUT2D eigenvalue weighted by Crippen LogP contribution is -2.24. The summed E-state index contributed by atoms with van der Waals surface area (Å²) < 4.78 is 2.05. The summed E-state index contributed by atoms with van der Waals surface area (Å²) >= 11 is 1.43. The Kier molecular flexibility index (Phi) is 7.09. The molecule has 29 heavy (non-hydrogen) atoms. The quantitative estimate of drug-likeness (QED) is 0.516. The van der Waals surface area contributed by atoms with Gasteiger partial charge in [0, 0.05) is 5.69 Å². The van der Waals surface area contributed by atoms with Gasteiger partial charge in [-0.15, -0.1) is 10.2 Å². The standard InChI is InChI=1S/C23H28N4OS/c1-5-16(2)20-13-9-10-14-21(20)24-22(28)17(3)29-23-26-25-18(4)27(23)15-19-11-7-6-8-12-19/h6-14,16-17H,5,15H2,1-4H3,(H,24,28)/t16-,17+/m0/s1. The number of hydrogen-bond donors (Lipinski definition) is 1. The van der Waals surface area contributed by atoms with Crippen LogP contribution in [-0.2, 0) is 11.3 Å². The van der Waals surface area contributed by atoms with Gasteiger partial charge in [-0.2, -0.15) is 0 Å². The van der Waals surface area contributed by atoms with Gasteiger partial charge in [-0.05, 0) is 43.4 Å². The van der Waals surface area contributed by atoms with Crippen molar-refractivity contribution < 1.29 is 4.79 Å². The van der Waals surface area contributed by atoms with Crippen LogP contribution in [-0.4, -0.2) is 25.9 Å². The zero-order valence-electron chi connectivity index (χ0n) is 17.4. The van der Waals surface area contributed by atoms with Gasteiger partial charge >= 0.3 is 0 Å². The van der Waals surface area contributed by atoms with Gasteiger partial charge in [-0.3, -0.25) is 4.79 Å². The average Bonchev–Trinajstić information content (AvgIpc) is 3.07. The van der Waals surface area contributed by atoms with Crippen LogP contribution in [0.4, 0.5) is 5.69 Å². The van der Waals surface area contributed by atoms with Gasteiger partial charge in [0.1, 0.15) is 5.82 Å². The van der Waals surface area contributed by atoms with Crippen LogP contribution in [0.25, 0.3) is 0 Å². The lowest BCUT2D eigenvalue weighted by molar-refractivity contribution is -0.115. The monoisotopic (exact) mass is 408 g/mol. The number of carbonyl (C=O) groups excluding carboxylic acids is 1. The van der Waals surface area contributed by atoms with Crippen molar-refractivity contribution in [2.24, 2.45) is 0 Å². The Labute approximate surface area is 176 Å². The maximum Gasteiger partial charge on any atom is 0.237 e. The van der Waals surface area contributed by atoms with E-state index in [0.717, 1.165) is 23.1 Å². The van der Waals surface area contributed by atoms with E-state index in [9.17, 15) is 4.79 Å². The third kappa shape index (κ3) is 5.26. The van der Waals surface area contributed by atoms with Crippen molar-refractivity contribution >= 4 is 23.4 Å². The first-order valence-corrected chi connectivity index (χ1v) is 10.9. The Bertz CT molecular complexity index is 955. The number of aryl methyl sites for hydroxylation is 1. The Balaban J connectivity index is 1.71. The highest BCUT2D eigenvalue weighted by molar-refractivity contribution is 8.00. The van der Waals surface area contributed by atoms with Crippen LogP contribution in [0.15, 0.2) is 59.8 Å². The Morgan fingerprint density at radius 1 is 1.07 bits per heavy atom. The normalized spacial score (nSPS) is 13.1. The molecule has 6 heteroatoms. The second-order valence-corrected chi connectivity index (χ2v) is 8.56. The number of aromatic nitrogens is 3. The molecule has 0 spiro atoms. The molecule has 5 nitrogen and oxygen atoms in total. The lowest BCUT2D eigenvalue weighted by Gasteiger charge is -2.18. The number of nitrogens with one attached hydrogen (secondary N) is 1. The molecule has 0 aliphatic heterocycles. The van der Waals surface area contributed by atoms with E-state index in [4.69, 9.17) is 0 Å². The molecule has 2 aromatic carbocycles. The highest BCUT2D eigenvalue weighted by atomic mass is 32.2. The number of para-hydroxylation sites is 1. The topological polar surface area (TPSA) is 59.8 Å². The van der Waals surface area contributed by atoms with Gasteiger partial charge in [-0.25, -0.2) is 0 Å². The molecule has 0 aliphatic carbocycles. The van der Waals surface area contributed by atoms with Gasteiger partial charge in [0.15, 0.2) is 5.16 Å². The lowest BCUT2D eigenvalue weighted by atomic mass is 9.97. The van der Waals surface area contributed by atoms with Crippen LogP contribution >= 0.6 is 11.8 Å². The second-order valence-electron chi connectivity index (χ2n) is 7.25. The highest BCUT2D eigenvalue weighted by Crippen LogP contribution is 2.28. The van der Waals surface area contributed by atoms with Crippen LogP contribution in [0, 0.1) is 6.92 Å². The molecule has 0 radical (unpaired) electrons. The summed E-state index contributed by atoms with van der Waals surface area (Å²) in [6, 6.07) is 18.2. The van der Waals surface area contributed by atoms with E-state index in [1.54, 1.807) is 0 Å². The van der Waals surface area contributed by atoms with E-state index in [-0.39, 0.29) is 11.2 Å². The van der Waals surface area contributed by atoms with Crippen molar-refractivity contribution in [1.29, 1.82) is 0 Å². The van der Waals surface area contributed by atoms with Crippen molar-refractivity contribution in [3.05, 3.63) is 71.5 Å². The van der Waals surface area contributed by atoms with Gasteiger partial charge in [-0.1, -0.05) is 74.1 Å². The molecule has 0 unspecified atom stereocenters. The Hall–Kier alpha value is -2.60. The molecule has 1 amide bonds. The minimum atomic E-state index is -0.293. The third-order valence-electron chi connectivity index (χ3n) is 5.10. The molecule has 1 N–H and O–H groups in total. The number of hydrogen-bond acceptors (Lipinski definition) is 4. The maximum absolute atomic E-state index is 12.9. The number of thioether (sulfide) groups is 1. The average molecular weight is 409 g/mol. The van der Waals surface area contributed by atoms with E-state index < -0.39 is 0 Å². The van der Waals surface area contributed by atoms with E-state index in [1.165, 1.54) is 22.9 Å². The number of benzene rings is 2. The molecule has 1 heterocycles. The van der Waals surface area contributed by atoms with E-state index in [1.807, 2.05) is 50.2 Å². The Morgan fingerprint density at radius 2 is 1.76 bits per heavy atom. The molecule has 0 aliphatic rings. The summed E-state index contributed by atoms with van der Waals surface area (Å²) in [6.45, 7) is 8.87. The van der Waals surface area contributed by atoms with Crippen LogP contribution in [0.3, 0.4) is 0 Å². The molecular formula is C23H28N4OS. The molecular weight excluding hydrogens is 380 g/mol. The first kappa shape index (κ1) is 21.1. The van der Waals surface area contributed by atoms with Crippen LogP contribution < -0.4 is 5.32 Å². The highest BCUT2D eigenvalue weighted by Gasteiger charge is 2.20. The summed E-state index contributed by atoms with van der Waals surface area (Å²) in [6.07, 6.45) is 1.03. The zero-order chi connectivity index (χ0) is 20.8. The first-order chi connectivity index (χ1) is 14.0. The fourth-order valence-corrected chi connectivity index (χ4v) is 4.00. The molecule has 0 bridgehead atoms. The van der Waals surface area contributed by atoms with E-state index in [0.29, 0.717) is 12.5 Å². The predicted molar refractivity (Wildman–Crippen MR) is 119 cm³/mol. The van der Waals surface area contributed by atoms with Gasteiger partial charge < -0.3 is 9.88 Å². The molecule has 0 fully saturated rings. The predicted octanol–water partition coefficient (Wildman–Crippen LogP) is 5.27. The summed E-state index contributed by atoms with van der Waals surface area (Å²) in [5, 5.41) is 12.1. The third-order valence-corrected chi connectivity index (χ3v) is 6.18. The number of amides is 1. The fourth-order valence-electron chi connectivity index (χ4n) is 3.10. The van der Waals surface area contributed by atoms with Crippen LogP contribution in [0.2, 0.25) is 0 Å². The zero-order valence-corrected chi connectivity index (χ0v) is 18.2. The van der Waals surface area contributed by atoms with Gasteiger partial charge in [0.05, 0.1) is 11.8 Å². The first-order valence-electron chi connectivity index (χ1n) is 9.99. The largest absolute Gasteiger partial charge is 0.325 e. The fraction of sp³-hybridized carbons (Fsp3) is 0.348. The minimum Gasteiger partial charge on any atom is -0.325 e. The van der Waals surface area contributed by atoms with Crippen LogP contribution in [0.5, 0.6) is 0 Å². The maximum atomic E-state index is 12.9. The SMILES string of the molecule is CC[C@H](C)c1ccccc1NC(=O)[C@@H](C)Sc1nnc(C)n1Cc1ccccc1. The van der Waals surface area contributed by atoms with E-state index in [2.05, 4.69) is 52.1 Å². The van der Waals surface area contributed by atoms with Crippen molar-refractivity contribution in [3.63, 3.8) is 0 Å². The summed E-state index contributed by atoms with van der Waals surface area (Å²) in [5.74, 6) is 1.20. The molecule has 0 saturated heterocycles. The van der Waals surface area contributed by atoms with Crippen molar-refractivity contribution in [2.45, 2.75) is 57.0 Å². The molecule has 3 aromatic rings. The number of anilines is 1. The molecule has 0 saturated carbocycles. The van der Waals surface area contributed by atoms with Crippen LogP contribution in [0.1, 0.15) is 50.1 Å². The van der Waals surface area contributed by atoms with Crippen molar-refractivity contribution in [2.75, 3.05) is 5.32 Å². The molecule has 152 valence electrons. The number of rotatable bonds is 8.